The second-order valence-corrected chi connectivity index (χ2v) is 5.57. The molecule has 0 bridgehead atoms. The third-order valence-electron chi connectivity index (χ3n) is 4.10. The first-order valence-corrected chi connectivity index (χ1v) is 6.11. The van der Waals surface area contributed by atoms with E-state index in [0.29, 0.717) is 16.1 Å². The monoisotopic (exact) mass is 241 g/mol. The summed E-state index contributed by atoms with van der Waals surface area (Å²) < 4.78 is 0. The van der Waals surface area contributed by atoms with Crippen molar-refractivity contribution in [3.63, 3.8) is 0 Å². The summed E-state index contributed by atoms with van der Waals surface area (Å²) in [6.45, 7) is 0. The number of fused-ring (bicyclic) bond motifs is 1. The number of rotatable bonds is 1. The second kappa shape index (κ2) is 3.13. The Balaban J connectivity index is 2.03. The summed E-state index contributed by atoms with van der Waals surface area (Å²) in [6, 6.07) is 6.27. The van der Waals surface area contributed by atoms with Crippen LogP contribution in [0.4, 0.5) is 0 Å². The first-order valence-electron chi connectivity index (χ1n) is 5.35. The first kappa shape index (κ1) is 9.95. The van der Waals surface area contributed by atoms with Gasteiger partial charge < -0.3 is 5.73 Å². The quantitative estimate of drug-likeness (QED) is 0.802. The Labute approximate surface area is 99.6 Å². The number of hydrogen-bond donors (Lipinski definition) is 1. The van der Waals surface area contributed by atoms with Gasteiger partial charge in [0.15, 0.2) is 0 Å². The van der Waals surface area contributed by atoms with Crippen LogP contribution in [0.3, 0.4) is 0 Å². The summed E-state index contributed by atoms with van der Waals surface area (Å²) in [5.41, 5.74) is 7.71. The molecule has 0 heterocycles. The highest BCUT2D eigenvalue weighted by Gasteiger charge is 2.62. The average molecular weight is 242 g/mol. The molecule has 2 aliphatic carbocycles. The van der Waals surface area contributed by atoms with E-state index in [1.807, 2.05) is 12.1 Å². The van der Waals surface area contributed by atoms with E-state index in [0.717, 1.165) is 12.3 Å². The largest absolute Gasteiger partial charge is 0.327 e. The zero-order chi connectivity index (χ0) is 10.6. The Kier molecular flexibility index (Phi) is 2.08. The van der Waals surface area contributed by atoms with Gasteiger partial charge in [-0.25, -0.2) is 0 Å². The van der Waals surface area contributed by atoms with Crippen molar-refractivity contribution in [1.29, 1.82) is 0 Å². The van der Waals surface area contributed by atoms with E-state index in [2.05, 4.69) is 6.07 Å². The molecule has 3 rings (SSSR count). The average Bonchev–Trinajstić information content (AvgIpc) is 2.87. The van der Waals surface area contributed by atoms with E-state index >= 15 is 0 Å². The van der Waals surface area contributed by atoms with Crippen molar-refractivity contribution >= 4 is 23.2 Å². The zero-order valence-corrected chi connectivity index (χ0v) is 9.85. The summed E-state index contributed by atoms with van der Waals surface area (Å²) in [4.78, 5) is 0. The van der Waals surface area contributed by atoms with Gasteiger partial charge in [-0.1, -0.05) is 29.3 Å². The van der Waals surface area contributed by atoms with E-state index in [4.69, 9.17) is 28.9 Å². The van der Waals surface area contributed by atoms with Gasteiger partial charge in [-0.3, -0.25) is 0 Å². The van der Waals surface area contributed by atoms with Crippen LogP contribution in [0.5, 0.6) is 0 Å². The van der Waals surface area contributed by atoms with Crippen LogP contribution in [-0.4, -0.2) is 6.04 Å². The van der Waals surface area contributed by atoms with E-state index in [1.54, 1.807) is 0 Å². The molecule has 2 fully saturated rings. The Morgan fingerprint density at radius 2 is 2.00 bits per heavy atom. The van der Waals surface area contributed by atoms with E-state index in [-0.39, 0.29) is 5.41 Å². The molecule has 3 atom stereocenters. The van der Waals surface area contributed by atoms with E-state index < -0.39 is 0 Å². The highest BCUT2D eigenvalue weighted by Crippen LogP contribution is 2.63. The van der Waals surface area contributed by atoms with Gasteiger partial charge in [-0.15, -0.1) is 0 Å². The molecule has 0 aromatic heterocycles. The minimum atomic E-state index is 0.230. The molecule has 1 aromatic carbocycles. The second-order valence-electron chi connectivity index (χ2n) is 4.75. The molecule has 80 valence electrons. The van der Waals surface area contributed by atoms with Gasteiger partial charge in [0, 0.05) is 11.5 Å². The van der Waals surface area contributed by atoms with Crippen molar-refractivity contribution in [1.82, 2.24) is 0 Å². The molecule has 0 spiro atoms. The van der Waals surface area contributed by atoms with Crippen LogP contribution in [0.15, 0.2) is 18.2 Å². The van der Waals surface area contributed by atoms with Gasteiger partial charge in [0.2, 0.25) is 0 Å². The standard InChI is InChI=1S/C12H13Cl2N/c13-9-3-1-7(5-10(9)14)12-6-8(12)2-4-11(12)15/h1,3,5,8,11H,2,4,6,15H2. The van der Waals surface area contributed by atoms with Crippen molar-refractivity contribution in [2.45, 2.75) is 30.7 Å². The van der Waals surface area contributed by atoms with Crippen LogP contribution in [0.25, 0.3) is 0 Å². The third-order valence-corrected chi connectivity index (χ3v) is 4.84. The van der Waals surface area contributed by atoms with Gasteiger partial charge in [-0.05, 0) is 42.9 Å². The van der Waals surface area contributed by atoms with Crippen molar-refractivity contribution in [2.24, 2.45) is 11.7 Å². The predicted octanol–water partition coefficient (Wildman–Crippen LogP) is 3.37. The highest BCUT2D eigenvalue weighted by atomic mass is 35.5. The van der Waals surface area contributed by atoms with Crippen LogP contribution in [-0.2, 0) is 5.41 Å². The fraction of sp³-hybridized carbons (Fsp3) is 0.500. The Hall–Kier alpha value is -0.240. The maximum atomic E-state index is 6.20. The highest BCUT2D eigenvalue weighted by molar-refractivity contribution is 6.42. The zero-order valence-electron chi connectivity index (χ0n) is 8.34. The molecule has 2 aliphatic rings. The summed E-state index contributed by atoms with van der Waals surface area (Å²) in [6.07, 6.45) is 3.64. The lowest BCUT2D eigenvalue weighted by atomic mass is 9.90. The summed E-state index contributed by atoms with van der Waals surface area (Å²) in [5, 5.41) is 1.27. The third kappa shape index (κ3) is 1.27. The van der Waals surface area contributed by atoms with Crippen LogP contribution in [0.1, 0.15) is 24.8 Å². The van der Waals surface area contributed by atoms with Crippen molar-refractivity contribution in [3.05, 3.63) is 33.8 Å². The van der Waals surface area contributed by atoms with Crippen LogP contribution < -0.4 is 5.73 Å². The molecule has 0 radical (unpaired) electrons. The number of halogens is 2. The maximum Gasteiger partial charge on any atom is 0.0595 e. The number of benzene rings is 1. The van der Waals surface area contributed by atoms with Crippen LogP contribution in [0, 0.1) is 5.92 Å². The molecule has 0 amide bonds. The molecule has 3 heteroatoms. The minimum Gasteiger partial charge on any atom is -0.327 e. The van der Waals surface area contributed by atoms with E-state index in [1.165, 1.54) is 18.4 Å². The lowest BCUT2D eigenvalue weighted by molar-refractivity contribution is 0.545. The molecule has 3 unspecified atom stereocenters. The lowest BCUT2D eigenvalue weighted by Gasteiger charge is -2.20. The van der Waals surface area contributed by atoms with Crippen LogP contribution >= 0.6 is 23.2 Å². The maximum absolute atomic E-state index is 6.20. The van der Waals surface area contributed by atoms with Crippen molar-refractivity contribution in [2.75, 3.05) is 0 Å². The molecular formula is C12H13Cl2N. The number of nitrogens with two attached hydrogens (primary N) is 1. The summed E-state index contributed by atoms with van der Waals surface area (Å²) in [5.74, 6) is 0.782. The number of hydrogen-bond acceptors (Lipinski definition) is 1. The predicted molar refractivity (Wildman–Crippen MR) is 63.5 cm³/mol. The normalized spacial score (nSPS) is 37.8. The molecule has 0 aliphatic heterocycles. The molecule has 2 N–H and O–H groups in total. The topological polar surface area (TPSA) is 26.0 Å². The lowest BCUT2D eigenvalue weighted by Crippen LogP contribution is -2.32. The Morgan fingerprint density at radius 3 is 2.53 bits per heavy atom. The van der Waals surface area contributed by atoms with Crippen molar-refractivity contribution in [3.8, 4) is 0 Å². The molecule has 2 saturated carbocycles. The fourth-order valence-electron chi connectivity index (χ4n) is 3.15. The smallest absolute Gasteiger partial charge is 0.0595 e. The minimum absolute atomic E-state index is 0.230. The Bertz CT molecular complexity index is 418. The molecule has 15 heavy (non-hydrogen) atoms. The van der Waals surface area contributed by atoms with E-state index in [9.17, 15) is 0 Å². The van der Waals surface area contributed by atoms with Gasteiger partial charge in [0.1, 0.15) is 0 Å². The molecule has 0 saturated heterocycles. The molecule has 1 aromatic rings. The van der Waals surface area contributed by atoms with Gasteiger partial charge in [0.05, 0.1) is 10.0 Å². The first-order chi connectivity index (χ1) is 7.14. The summed E-state index contributed by atoms with van der Waals surface area (Å²) in [7, 11) is 0. The fourth-order valence-corrected chi connectivity index (χ4v) is 3.45. The molecular weight excluding hydrogens is 229 g/mol. The summed E-state index contributed by atoms with van der Waals surface area (Å²) >= 11 is 12.0. The SMILES string of the molecule is NC1CCC2CC12c1ccc(Cl)c(Cl)c1. The Morgan fingerprint density at radius 1 is 1.20 bits per heavy atom. The molecule has 1 nitrogen and oxygen atoms in total. The van der Waals surface area contributed by atoms with Gasteiger partial charge in [-0.2, -0.15) is 0 Å². The van der Waals surface area contributed by atoms with Gasteiger partial charge >= 0.3 is 0 Å². The van der Waals surface area contributed by atoms with Crippen LogP contribution in [0.2, 0.25) is 10.0 Å². The van der Waals surface area contributed by atoms with Crippen molar-refractivity contribution < 1.29 is 0 Å². The van der Waals surface area contributed by atoms with Gasteiger partial charge in [0.25, 0.3) is 0 Å².